The molecule has 0 saturated heterocycles. The molecule has 0 unspecified atom stereocenters. The molecular weight excluding hydrogens is 176 g/mol. The predicted molar refractivity (Wildman–Crippen MR) is 38.6 cm³/mol. The Morgan fingerprint density at radius 2 is 2.10 bits per heavy atom. The van der Waals surface area contributed by atoms with Gasteiger partial charge in [-0.1, -0.05) is 0 Å². The van der Waals surface area contributed by atoms with Crippen LogP contribution < -0.4 is 0 Å². The molecular formula is C5H9ClO3S. The standard InChI is InChI=1S/C5H9ClO3S/c1-9-10(7,8)4-5(6)2-3-5/h2-4H2,1H3. The van der Waals surface area contributed by atoms with Gasteiger partial charge in [-0.25, -0.2) is 0 Å². The highest BCUT2D eigenvalue weighted by molar-refractivity contribution is 7.86. The first-order chi connectivity index (χ1) is 4.47. The van der Waals surface area contributed by atoms with E-state index in [1.54, 1.807) is 0 Å². The van der Waals surface area contributed by atoms with E-state index in [9.17, 15) is 8.42 Å². The topological polar surface area (TPSA) is 43.4 Å². The summed E-state index contributed by atoms with van der Waals surface area (Å²) in [6, 6.07) is 0. The van der Waals surface area contributed by atoms with Crippen molar-refractivity contribution < 1.29 is 12.6 Å². The van der Waals surface area contributed by atoms with Gasteiger partial charge in [-0.15, -0.1) is 11.6 Å². The second kappa shape index (κ2) is 2.36. The Kier molecular flexibility index (Phi) is 1.96. The number of alkyl halides is 1. The average Bonchev–Trinajstić information content (AvgIpc) is 2.47. The minimum atomic E-state index is -3.35. The normalized spacial score (nSPS) is 22.6. The Hall–Kier alpha value is 0.200. The van der Waals surface area contributed by atoms with E-state index >= 15 is 0 Å². The summed E-state index contributed by atoms with van der Waals surface area (Å²) >= 11 is 5.75. The number of halogens is 1. The first kappa shape index (κ1) is 8.30. The van der Waals surface area contributed by atoms with Crippen molar-refractivity contribution in [3.05, 3.63) is 0 Å². The van der Waals surface area contributed by atoms with E-state index < -0.39 is 15.0 Å². The average molecular weight is 185 g/mol. The SMILES string of the molecule is COS(=O)(=O)CC1(Cl)CC1. The van der Waals surface area contributed by atoms with E-state index in [4.69, 9.17) is 11.6 Å². The summed E-state index contributed by atoms with van der Waals surface area (Å²) in [7, 11) is -2.20. The lowest BCUT2D eigenvalue weighted by Gasteiger charge is -2.03. The van der Waals surface area contributed by atoms with E-state index in [2.05, 4.69) is 4.18 Å². The molecule has 5 heteroatoms. The minimum Gasteiger partial charge on any atom is -0.273 e. The zero-order valence-corrected chi connectivity index (χ0v) is 7.20. The van der Waals surface area contributed by atoms with Crippen LogP contribution >= 0.6 is 11.6 Å². The number of hydrogen-bond donors (Lipinski definition) is 0. The van der Waals surface area contributed by atoms with Crippen LogP contribution in [0.3, 0.4) is 0 Å². The van der Waals surface area contributed by atoms with Gasteiger partial charge in [-0.3, -0.25) is 4.18 Å². The van der Waals surface area contributed by atoms with Gasteiger partial charge in [-0.05, 0) is 12.8 Å². The molecule has 0 aromatic carbocycles. The minimum absolute atomic E-state index is 0.0575. The summed E-state index contributed by atoms with van der Waals surface area (Å²) in [6.45, 7) is 0. The first-order valence-electron chi connectivity index (χ1n) is 2.95. The Morgan fingerprint density at radius 1 is 1.60 bits per heavy atom. The molecule has 1 aliphatic rings. The second-order valence-electron chi connectivity index (χ2n) is 2.52. The molecule has 3 nitrogen and oxygen atoms in total. The zero-order chi connectivity index (χ0) is 7.83. The highest BCUT2D eigenvalue weighted by Gasteiger charge is 2.44. The van der Waals surface area contributed by atoms with Gasteiger partial charge in [0.25, 0.3) is 10.1 Å². The van der Waals surface area contributed by atoms with E-state index in [0.29, 0.717) is 0 Å². The molecule has 10 heavy (non-hydrogen) atoms. The third-order valence-corrected chi connectivity index (χ3v) is 3.57. The molecule has 0 amide bonds. The van der Waals surface area contributed by atoms with Gasteiger partial charge in [0.15, 0.2) is 0 Å². The Balaban J connectivity index is 2.53. The lowest BCUT2D eigenvalue weighted by atomic mass is 10.5. The lowest BCUT2D eigenvalue weighted by molar-refractivity contribution is 0.396. The maximum Gasteiger partial charge on any atom is 0.268 e. The Bertz CT molecular complexity index is 217. The van der Waals surface area contributed by atoms with Crippen molar-refractivity contribution in [2.45, 2.75) is 17.7 Å². The van der Waals surface area contributed by atoms with Gasteiger partial charge in [0, 0.05) is 0 Å². The summed E-state index contributed by atoms with van der Waals surface area (Å²) in [6.07, 6.45) is 1.55. The monoisotopic (exact) mass is 184 g/mol. The molecule has 0 bridgehead atoms. The van der Waals surface area contributed by atoms with E-state index in [1.165, 1.54) is 0 Å². The molecule has 0 N–H and O–H groups in total. The van der Waals surface area contributed by atoms with Crippen LogP contribution in [0.5, 0.6) is 0 Å². The fraction of sp³-hybridized carbons (Fsp3) is 1.00. The summed E-state index contributed by atoms with van der Waals surface area (Å²) in [5.74, 6) is -0.0575. The van der Waals surface area contributed by atoms with Gasteiger partial charge < -0.3 is 0 Å². The zero-order valence-electron chi connectivity index (χ0n) is 5.63. The van der Waals surface area contributed by atoms with Crippen molar-refractivity contribution in [3.63, 3.8) is 0 Å². The quantitative estimate of drug-likeness (QED) is 0.480. The maximum atomic E-state index is 10.7. The highest BCUT2D eigenvalue weighted by Crippen LogP contribution is 2.43. The van der Waals surface area contributed by atoms with Crippen LogP contribution in [0.25, 0.3) is 0 Å². The van der Waals surface area contributed by atoms with E-state index in [1.807, 2.05) is 0 Å². The lowest BCUT2D eigenvalue weighted by Crippen LogP contribution is -2.18. The molecule has 0 atom stereocenters. The van der Waals surface area contributed by atoms with Crippen LogP contribution in [0.1, 0.15) is 12.8 Å². The van der Waals surface area contributed by atoms with Gasteiger partial charge in [0.2, 0.25) is 0 Å². The highest BCUT2D eigenvalue weighted by atomic mass is 35.5. The molecule has 60 valence electrons. The first-order valence-corrected chi connectivity index (χ1v) is 4.90. The summed E-state index contributed by atoms with van der Waals surface area (Å²) in [5, 5.41) is 0. The summed E-state index contributed by atoms with van der Waals surface area (Å²) in [5.41, 5.74) is 0. The van der Waals surface area contributed by atoms with Crippen molar-refractivity contribution in [2.24, 2.45) is 0 Å². The third-order valence-electron chi connectivity index (χ3n) is 1.48. The third kappa shape index (κ3) is 2.11. The van der Waals surface area contributed by atoms with Crippen LogP contribution in [-0.2, 0) is 14.3 Å². The van der Waals surface area contributed by atoms with Crippen molar-refractivity contribution in [2.75, 3.05) is 12.9 Å². The smallest absolute Gasteiger partial charge is 0.268 e. The Morgan fingerprint density at radius 3 is 2.40 bits per heavy atom. The number of hydrogen-bond acceptors (Lipinski definition) is 3. The van der Waals surface area contributed by atoms with E-state index in [-0.39, 0.29) is 5.75 Å². The second-order valence-corrected chi connectivity index (χ2v) is 5.06. The van der Waals surface area contributed by atoms with Crippen molar-refractivity contribution in [1.82, 2.24) is 0 Å². The molecule has 0 radical (unpaired) electrons. The van der Waals surface area contributed by atoms with Crippen molar-refractivity contribution in [1.29, 1.82) is 0 Å². The fourth-order valence-corrected chi connectivity index (χ4v) is 2.19. The molecule has 0 aromatic heterocycles. The van der Waals surface area contributed by atoms with Crippen LogP contribution in [0.15, 0.2) is 0 Å². The molecule has 1 aliphatic carbocycles. The van der Waals surface area contributed by atoms with Crippen LogP contribution in [0.4, 0.5) is 0 Å². The molecule has 1 fully saturated rings. The maximum absolute atomic E-state index is 10.7. The summed E-state index contributed by atoms with van der Waals surface area (Å²) < 4.78 is 25.7. The molecule has 0 spiro atoms. The molecule has 1 rings (SSSR count). The van der Waals surface area contributed by atoms with Gasteiger partial charge in [0.05, 0.1) is 17.7 Å². The Labute approximate surface area is 65.4 Å². The largest absolute Gasteiger partial charge is 0.273 e. The molecule has 0 heterocycles. The van der Waals surface area contributed by atoms with Crippen molar-refractivity contribution >= 4 is 21.7 Å². The van der Waals surface area contributed by atoms with Gasteiger partial charge in [0.1, 0.15) is 0 Å². The van der Waals surface area contributed by atoms with Gasteiger partial charge in [-0.2, -0.15) is 8.42 Å². The predicted octanol–water partition coefficient (Wildman–Crippen LogP) is 0.734. The van der Waals surface area contributed by atoms with Crippen molar-refractivity contribution in [3.8, 4) is 0 Å². The molecule has 0 aliphatic heterocycles. The fourth-order valence-electron chi connectivity index (χ4n) is 0.656. The number of rotatable bonds is 3. The van der Waals surface area contributed by atoms with Crippen LogP contribution in [-0.4, -0.2) is 26.2 Å². The molecule has 1 saturated carbocycles. The van der Waals surface area contributed by atoms with Crippen LogP contribution in [0.2, 0.25) is 0 Å². The van der Waals surface area contributed by atoms with Gasteiger partial charge >= 0.3 is 0 Å². The summed E-state index contributed by atoms with van der Waals surface area (Å²) in [4.78, 5) is -0.505. The van der Waals surface area contributed by atoms with E-state index in [0.717, 1.165) is 20.0 Å². The molecule has 0 aromatic rings. The van der Waals surface area contributed by atoms with Crippen LogP contribution in [0, 0.1) is 0 Å².